The molecule has 0 aliphatic heterocycles. The van der Waals surface area contributed by atoms with E-state index < -0.39 is 21.6 Å². The molecule has 1 aromatic rings. The van der Waals surface area contributed by atoms with Crippen molar-refractivity contribution in [2.24, 2.45) is 0 Å². The highest BCUT2D eigenvalue weighted by atomic mass is 32.2. The van der Waals surface area contributed by atoms with Gasteiger partial charge in [0.15, 0.2) is 9.84 Å². The molecule has 7 heteroatoms. The van der Waals surface area contributed by atoms with Gasteiger partial charge in [-0.1, -0.05) is 6.07 Å². The summed E-state index contributed by atoms with van der Waals surface area (Å²) in [6.07, 6.45) is 2.70. The molecule has 1 rings (SSSR count). The second-order valence-corrected chi connectivity index (χ2v) is 6.46. The van der Waals surface area contributed by atoms with Crippen LogP contribution in [0.5, 0.6) is 0 Å². The summed E-state index contributed by atoms with van der Waals surface area (Å²) in [7, 11) is -3.46. The summed E-state index contributed by atoms with van der Waals surface area (Å²) in [6, 6.07) is 4.26. The van der Waals surface area contributed by atoms with Gasteiger partial charge in [-0.2, -0.15) is 0 Å². The van der Waals surface area contributed by atoms with Gasteiger partial charge in [-0.15, -0.1) is 11.8 Å². The van der Waals surface area contributed by atoms with E-state index in [9.17, 15) is 18.0 Å². The predicted molar refractivity (Wildman–Crippen MR) is 72.3 cm³/mol. The Balaban J connectivity index is 3.38. The average Bonchev–Trinajstić information content (AvgIpc) is 2.36. The number of carbonyl (C=O) groups excluding carboxylic acids is 2. The molecule has 0 aliphatic carbocycles. The van der Waals surface area contributed by atoms with Gasteiger partial charge in [-0.3, -0.25) is 4.79 Å². The standard InChI is InChI=1S/C12H14O5S2/c1-4-17-12(14)10(13)8-6-5-7-9(11(8)18-2)19(3,15)16/h5-7H,4H2,1-3H3. The van der Waals surface area contributed by atoms with Crippen molar-refractivity contribution in [3.8, 4) is 0 Å². The Labute approximate surface area is 116 Å². The third-order valence-corrected chi connectivity index (χ3v) is 4.40. The maximum Gasteiger partial charge on any atom is 0.379 e. The Morgan fingerprint density at radius 2 is 1.95 bits per heavy atom. The lowest BCUT2D eigenvalue weighted by atomic mass is 10.1. The minimum Gasteiger partial charge on any atom is -0.460 e. The molecule has 19 heavy (non-hydrogen) atoms. The first-order chi connectivity index (χ1) is 8.82. The molecule has 1 aromatic carbocycles. The SMILES string of the molecule is CCOC(=O)C(=O)c1cccc(S(C)(=O)=O)c1SC. The average molecular weight is 302 g/mol. The van der Waals surface area contributed by atoms with Crippen LogP contribution in [0.3, 0.4) is 0 Å². The molecule has 0 saturated carbocycles. The van der Waals surface area contributed by atoms with Gasteiger partial charge in [0.05, 0.1) is 11.5 Å². The van der Waals surface area contributed by atoms with Crippen molar-refractivity contribution in [2.75, 3.05) is 19.1 Å². The second kappa shape index (κ2) is 6.21. The number of Topliss-reactive ketones (excluding diaryl/α,β-unsaturated/α-hetero) is 1. The van der Waals surface area contributed by atoms with Crippen LogP contribution in [0.15, 0.2) is 28.0 Å². The number of esters is 1. The van der Waals surface area contributed by atoms with E-state index in [-0.39, 0.29) is 22.0 Å². The number of thioether (sulfide) groups is 1. The van der Waals surface area contributed by atoms with Crippen LogP contribution in [0, 0.1) is 0 Å². The van der Waals surface area contributed by atoms with Crippen molar-refractivity contribution in [1.82, 2.24) is 0 Å². The topological polar surface area (TPSA) is 77.5 Å². The largest absolute Gasteiger partial charge is 0.460 e. The Kier molecular flexibility index (Phi) is 5.13. The lowest BCUT2D eigenvalue weighted by molar-refractivity contribution is -0.137. The van der Waals surface area contributed by atoms with Crippen molar-refractivity contribution in [3.05, 3.63) is 23.8 Å². The van der Waals surface area contributed by atoms with Gasteiger partial charge in [0.25, 0.3) is 5.78 Å². The molecule has 0 amide bonds. The van der Waals surface area contributed by atoms with Crippen molar-refractivity contribution in [3.63, 3.8) is 0 Å². The number of carbonyl (C=O) groups is 2. The van der Waals surface area contributed by atoms with Crippen LogP contribution in [-0.4, -0.2) is 39.3 Å². The van der Waals surface area contributed by atoms with E-state index in [0.29, 0.717) is 0 Å². The fourth-order valence-corrected chi connectivity index (χ4v) is 3.63. The fraction of sp³-hybridized carbons (Fsp3) is 0.333. The number of benzene rings is 1. The maximum atomic E-state index is 11.9. The molecular weight excluding hydrogens is 288 g/mol. The van der Waals surface area contributed by atoms with Gasteiger partial charge < -0.3 is 4.74 Å². The summed E-state index contributed by atoms with van der Waals surface area (Å²) in [6.45, 7) is 1.68. The van der Waals surface area contributed by atoms with Crippen LogP contribution in [0.25, 0.3) is 0 Å². The molecule has 0 bridgehead atoms. The molecular formula is C12H14O5S2. The van der Waals surface area contributed by atoms with Crippen LogP contribution in [0.1, 0.15) is 17.3 Å². The van der Waals surface area contributed by atoms with Crippen molar-refractivity contribution in [2.45, 2.75) is 16.7 Å². The van der Waals surface area contributed by atoms with E-state index in [0.717, 1.165) is 18.0 Å². The molecule has 104 valence electrons. The second-order valence-electron chi connectivity index (χ2n) is 3.66. The minimum atomic E-state index is -3.46. The van der Waals surface area contributed by atoms with Gasteiger partial charge in [0.2, 0.25) is 0 Å². The summed E-state index contributed by atoms with van der Waals surface area (Å²) in [4.78, 5) is 23.7. The third kappa shape index (κ3) is 3.57. The first kappa shape index (κ1) is 15.7. The van der Waals surface area contributed by atoms with E-state index >= 15 is 0 Å². The first-order valence-electron chi connectivity index (χ1n) is 5.41. The van der Waals surface area contributed by atoms with Gasteiger partial charge in [-0.05, 0) is 25.3 Å². The monoisotopic (exact) mass is 302 g/mol. The maximum absolute atomic E-state index is 11.9. The number of ether oxygens (including phenoxy) is 1. The van der Waals surface area contributed by atoms with Crippen LogP contribution in [0.4, 0.5) is 0 Å². The highest BCUT2D eigenvalue weighted by molar-refractivity contribution is 7.99. The fourth-order valence-electron chi connectivity index (χ4n) is 1.50. The summed E-state index contributed by atoms with van der Waals surface area (Å²) < 4.78 is 27.9. The van der Waals surface area contributed by atoms with Crippen molar-refractivity contribution in [1.29, 1.82) is 0 Å². The van der Waals surface area contributed by atoms with E-state index in [1.807, 2.05) is 0 Å². The Hall–Kier alpha value is -1.34. The van der Waals surface area contributed by atoms with Crippen molar-refractivity contribution < 1.29 is 22.7 Å². The lowest BCUT2D eigenvalue weighted by Gasteiger charge is -2.10. The zero-order valence-electron chi connectivity index (χ0n) is 10.8. The number of hydrogen-bond donors (Lipinski definition) is 0. The summed E-state index contributed by atoms with van der Waals surface area (Å²) >= 11 is 1.10. The van der Waals surface area contributed by atoms with Gasteiger partial charge in [-0.25, -0.2) is 13.2 Å². The molecule has 0 radical (unpaired) electrons. The van der Waals surface area contributed by atoms with Gasteiger partial charge in [0, 0.05) is 16.7 Å². The van der Waals surface area contributed by atoms with Gasteiger partial charge >= 0.3 is 5.97 Å². The molecule has 0 atom stereocenters. The third-order valence-electron chi connectivity index (χ3n) is 2.29. The molecule has 0 fully saturated rings. The molecule has 0 aliphatic rings. The smallest absolute Gasteiger partial charge is 0.379 e. The van der Waals surface area contributed by atoms with Crippen LogP contribution in [-0.2, 0) is 19.4 Å². The van der Waals surface area contributed by atoms with E-state index in [4.69, 9.17) is 0 Å². The lowest BCUT2D eigenvalue weighted by Crippen LogP contribution is -2.19. The zero-order chi connectivity index (χ0) is 14.6. The van der Waals surface area contributed by atoms with Crippen LogP contribution >= 0.6 is 11.8 Å². The molecule has 0 saturated heterocycles. The molecule has 0 spiro atoms. The van der Waals surface area contributed by atoms with Crippen LogP contribution in [0.2, 0.25) is 0 Å². The number of ketones is 1. The number of sulfone groups is 1. The van der Waals surface area contributed by atoms with Crippen LogP contribution < -0.4 is 0 Å². The molecule has 5 nitrogen and oxygen atoms in total. The normalized spacial score (nSPS) is 11.1. The van der Waals surface area contributed by atoms with E-state index in [1.165, 1.54) is 18.2 Å². The number of hydrogen-bond acceptors (Lipinski definition) is 6. The molecule has 0 unspecified atom stereocenters. The molecule has 0 N–H and O–H groups in total. The molecule has 0 heterocycles. The highest BCUT2D eigenvalue weighted by Gasteiger charge is 2.24. The van der Waals surface area contributed by atoms with Gasteiger partial charge in [0.1, 0.15) is 0 Å². The van der Waals surface area contributed by atoms with Crippen molar-refractivity contribution >= 4 is 33.4 Å². The summed E-state index contributed by atoms with van der Waals surface area (Å²) in [5, 5.41) is 0. The Morgan fingerprint density at radius 3 is 2.42 bits per heavy atom. The predicted octanol–water partition coefficient (Wildman–Crippen LogP) is 1.56. The summed E-state index contributed by atoms with van der Waals surface area (Å²) in [5.74, 6) is -1.82. The Morgan fingerprint density at radius 1 is 1.32 bits per heavy atom. The number of rotatable bonds is 5. The summed E-state index contributed by atoms with van der Waals surface area (Å²) in [5.41, 5.74) is 0.0499. The minimum absolute atomic E-state index is 0.0372. The zero-order valence-corrected chi connectivity index (χ0v) is 12.4. The first-order valence-corrected chi connectivity index (χ1v) is 8.53. The Bertz CT molecular complexity index is 605. The highest BCUT2D eigenvalue weighted by Crippen LogP contribution is 2.29. The van der Waals surface area contributed by atoms with E-state index in [1.54, 1.807) is 13.2 Å². The van der Waals surface area contributed by atoms with E-state index in [2.05, 4.69) is 4.74 Å². The molecule has 0 aromatic heterocycles. The quantitative estimate of drug-likeness (QED) is 0.355.